The minimum absolute atomic E-state index is 0.144. The van der Waals surface area contributed by atoms with E-state index in [4.69, 9.17) is 0 Å². The van der Waals surface area contributed by atoms with Gasteiger partial charge in [-0.2, -0.15) is 0 Å². The highest BCUT2D eigenvalue weighted by Gasteiger charge is 2.22. The van der Waals surface area contributed by atoms with Crippen molar-refractivity contribution in [3.63, 3.8) is 0 Å². The van der Waals surface area contributed by atoms with Crippen LogP contribution in [0.15, 0.2) is 77.7 Å². The molecule has 1 amide bonds. The molecule has 0 saturated carbocycles. The second kappa shape index (κ2) is 11.3. The zero-order valence-electron chi connectivity index (χ0n) is 21.3. The molecule has 1 aliphatic rings. The monoisotopic (exact) mass is 505 g/mol. The lowest BCUT2D eigenvalue weighted by molar-refractivity contribution is -0.131. The van der Waals surface area contributed by atoms with E-state index in [2.05, 4.69) is 41.7 Å². The summed E-state index contributed by atoms with van der Waals surface area (Å²) in [6.07, 6.45) is 1.00. The van der Waals surface area contributed by atoms with Crippen LogP contribution in [0.3, 0.4) is 0 Å². The van der Waals surface area contributed by atoms with Gasteiger partial charge in [-0.05, 0) is 67.6 Å². The Bertz CT molecular complexity index is 1280. The zero-order valence-corrected chi connectivity index (χ0v) is 22.1. The van der Waals surface area contributed by atoms with Gasteiger partial charge in [-0.15, -0.1) is 0 Å². The Morgan fingerprint density at radius 2 is 1.56 bits per heavy atom. The van der Waals surface area contributed by atoms with E-state index in [0.29, 0.717) is 25.9 Å². The lowest BCUT2D eigenvalue weighted by Gasteiger charge is -2.37. The molecule has 190 valence electrons. The Morgan fingerprint density at radius 3 is 2.22 bits per heavy atom. The first kappa shape index (κ1) is 25.9. The molecule has 3 aromatic carbocycles. The van der Waals surface area contributed by atoms with Gasteiger partial charge >= 0.3 is 0 Å². The molecule has 0 radical (unpaired) electrons. The van der Waals surface area contributed by atoms with Crippen LogP contribution in [0.4, 0.5) is 5.69 Å². The number of anilines is 1. The number of aryl methyl sites for hydroxylation is 2. The highest BCUT2D eigenvalue weighted by atomic mass is 32.2. The van der Waals surface area contributed by atoms with E-state index in [0.717, 1.165) is 24.2 Å². The Morgan fingerprint density at radius 1 is 0.889 bits per heavy atom. The van der Waals surface area contributed by atoms with Crippen molar-refractivity contribution in [1.29, 1.82) is 0 Å². The van der Waals surface area contributed by atoms with Crippen LogP contribution < -0.4 is 9.62 Å². The van der Waals surface area contributed by atoms with E-state index in [9.17, 15) is 13.2 Å². The summed E-state index contributed by atoms with van der Waals surface area (Å²) in [6, 6.07) is 22.3. The maximum atomic E-state index is 12.8. The topological polar surface area (TPSA) is 69.7 Å². The maximum absolute atomic E-state index is 12.8. The number of nitrogens with zero attached hydrogens (tertiary/aromatic N) is 2. The summed E-state index contributed by atoms with van der Waals surface area (Å²) in [7, 11) is -3.64. The van der Waals surface area contributed by atoms with Crippen molar-refractivity contribution in [1.82, 2.24) is 9.62 Å². The highest BCUT2D eigenvalue weighted by molar-refractivity contribution is 7.89. The van der Waals surface area contributed by atoms with Gasteiger partial charge in [-0.3, -0.25) is 4.79 Å². The fourth-order valence-corrected chi connectivity index (χ4v) is 5.86. The average Bonchev–Trinajstić information content (AvgIpc) is 2.89. The third kappa shape index (κ3) is 6.15. The van der Waals surface area contributed by atoms with Gasteiger partial charge in [0.1, 0.15) is 0 Å². The number of benzene rings is 3. The minimum Gasteiger partial charge on any atom is -0.368 e. The molecule has 1 atom stereocenters. The van der Waals surface area contributed by atoms with Crippen molar-refractivity contribution in [3.05, 3.63) is 95.1 Å². The first-order valence-corrected chi connectivity index (χ1v) is 14.0. The molecule has 1 saturated heterocycles. The van der Waals surface area contributed by atoms with Crippen LogP contribution in [0, 0.1) is 13.8 Å². The fraction of sp³-hybridized carbons (Fsp3) is 0.345. The zero-order chi connectivity index (χ0) is 25.7. The van der Waals surface area contributed by atoms with Crippen LogP contribution >= 0.6 is 0 Å². The van der Waals surface area contributed by atoms with Crippen LogP contribution in [0.2, 0.25) is 0 Å². The van der Waals surface area contributed by atoms with Crippen LogP contribution in [0.1, 0.15) is 41.6 Å². The van der Waals surface area contributed by atoms with Crippen LogP contribution in [-0.2, 0) is 21.2 Å². The highest BCUT2D eigenvalue weighted by Crippen LogP contribution is 2.24. The Kier molecular flexibility index (Phi) is 8.11. The molecule has 0 spiro atoms. The first-order valence-electron chi connectivity index (χ1n) is 12.5. The summed E-state index contributed by atoms with van der Waals surface area (Å²) in [5.74, 6) is 0.144. The van der Waals surface area contributed by atoms with Crippen molar-refractivity contribution in [2.75, 3.05) is 31.1 Å². The van der Waals surface area contributed by atoms with E-state index in [-0.39, 0.29) is 16.8 Å². The summed E-state index contributed by atoms with van der Waals surface area (Å²) >= 11 is 0. The van der Waals surface area contributed by atoms with E-state index >= 15 is 0 Å². The van der Waals surface area contributed by atoms with Crippen LogP contribution in [0.5, 0.6) is 0 Å². The van der Waals surface area contributed by atoms with Gasteiger partial charge in [0.2, 0.25) is 15.9 Å². The quantitative estimate of drug-likeness (QED) is 0.485. The number of nitrogens with one attached hydrogen (secondary N) is 1. The van der Waals surface area contributed by atoms with Gasteiger partial charge in [0.15, 0.2) is 0 Å². The number of carbonyl (C=O) groups is 1. The number of hydrogen-bond acceptors (Lipinski definition) is 4. The number of carbonyl (C=O) groups excluding carboxylic acids is 1. The largest absolute Gasteiger partial charge is 0.368 e. The normalized spacial score (nSPS) is 15.1. The van der Waals surface area contributed by atoms with Gasteiger partial charge in [0, 0.05) is 44.3 Å². The van der Waals surface area contributed by atoms with E-state index < -0.39 is 10.0 Å². The summed E-state index contributed by atoms with van der Waals surface area (Å²) in [5.41, 5.74) is 5.70. The third-order valence-electron chi connectivity index (χ3n) is 7.04. The summed E-state index contributed by atoms with van der Waals surface area (Å²) < 4.78 is 28.3. The summed E-state index contributed by atoms with van der Waals surface area (Å²) in [6.45, 7) is 9.20. The van der Waals surface area contributed by atoms with Crippen molar-refractivity contribution in [2.45, 2.75) is 44.6 Å². The minimum atomic E-state index is -3.64. The number of amides is 1. The fourth-order valence-electron chi connectivity index (χ4n) is 4.63. The second-order valence-corrected chi connectivity index (χ2v) is 11.2. The molecule has 36 heavy (non-hydrogen) atoms. The van der Waals surface area contributed by atoms with Gasteiger partial charge < -0.3 is 9.80 Å². The molecule has 7 heteroatoms. The summed E-state index contributed by atoms with van der Waals surface area (Å²) in [5, 5.41) is 0. The SMILES string of the molecule is Cc1cccc(N2CCN(C(=O)CCc3ccc(S(=O)(=O)N[C@H](C)c4ccccc4)cc3)CC2)c1C. The molecule has 1 heterocycles. The molecule has 0 unspecified atom stereocenters. The standard InChI is InChI=1S/C29H35N3O3S/c1-22-8-7-11-28(23(22)2)31-18-20-32(21-19-31)29(33)17-14-25-12-15-27(16-13-25)36(34,35)30-24(3)26-9-5-4-6-10-26/h4-13,15-16,24,30H,14,17-21H2,1-3H3/t24-/m1/s1. The van der Waals surface area contributed by atoms with Gasteiger partial charge in [-0.25, -0.2) is 13.1 Å². The average molecular weight is 506 g/mol. The Labute approximate surface area is 215 Å². The predicted molar refractivity (Wildman–Crippen MR) is 145 cm³/mol. The molecule has 1 N–H and O–H groups in total. The number of sulfonamides is 1. The molecule has 1 aliphatic heterocycles. The van der Waals surface area contributed by atoms with Crippen molar-refractivity contribution < 1.29 is 13.2 Å². The molecule has 6 nitrogen and oxygen atoms in total. The van der Waals surface area contributed by atoms with Gasteiger partial charge in [-0.1, -0.05) is 54.6 Å². The van der Waals surface area contributed by atoms with E-state index in [1.54, 1.807) is 24.3 Å². The van der Waals surface area contributed by atoms with Crippen LogP contribution in [-0.4, -0.2) is 45.4 Å². The van der Waals surface area contributed by atoms with Gasteiger partial charge in [0.25, 0.3) is 0 Å². The summed E-state index contributed by atoms with van der Waals surface area (Å²) in [4.78, 5) is 17.3. The first-order chi connectivity index (χ1) is 17.2. The molecule has 4 rings (SSSR count). The van der Waals surface area contributed by atoms with Gasteiger partial charge in [0.05, 0.1) is 4.90 Å². The van der Waals surface area contributed by atoms with Crippen LogP contribution in [0.25, 0.3) is 0 Å². The maximum Gasteiger partial charge on any atom is 0.241 e. The molecular weight excluding hydrogens is 470 g/mol. The molecular formula is C29H35N3O3S. The van der Waals surface area contributed by atoms with Crippen molar-refractivity contribution in [3.8, 4) is 0 Å². The molecule has 1 fully saturated rings. The molecule has 0 bridgehead atoms. The molecule has 3 aromatic rings. The third-order valence-corrected chi connectivity index (χ3v) is 8.60. The number of rotatable bonds is 8. The smallest absolute Gasteiger partial charge is 0.241 e. The predicted octanol–water partition coefficient (Wildman–Crippen LogP) is 4.62. The van der Waals surface area contributed by atoms with E-state index in [1.165, 1.54) is 16.8 Å². The van der Waals surface area contributed by atoms with E-state index in [1.807, 2.05) is 42.2 Å². The molecule has 0 aromatic heterocycles. The van der Waals surface area contributed by atoms with Crippen molar-refractivity contribution >= 4 is 21.6 Å². The number of hydrogen-bond donors (Lipinski definition) is 1. The molecule has 0 aliphatic carbocycles. The number of piperazine rings is 1. The lowest BCUT2D eigenvalue weighted by atomic mass is 10.1. The Balaban J connectivity index is 1.28. The van der Waals surface area contributed by atoms with Crippen molar-refractivity contribution in [2.24, 2.45) is 0 Å². The lowest BCUT2D eigenvalue weighted by Crippen LogP contribution is -2.49. The Hall–Kier alpha value is -3.16. The second-order valence-electron chi connectivity index (χ2n) is 9.48.